The van der Waals surface area contributed by atoms with Crippen molar-refractivity contribution in [2.75, 3.05) is 13.7 Å². The van der Waals surface area contributed by atoms with E-state index in [1.54, 1.807) is 38.4 Å². The molecular formula is C29H28N4O6. The van der Waals surface area contributed by atoms with Gasteiger partial charge in [-0.15, -0.1) is 0 Å². The number of nitrogens with one attached hydrogen (secondary N) is 2. The Kier molecular flexibility index (Phi) is 8.35. The van der Waals surface area contributed by atoms with E-state index in [1.165, 1.54) is 25.3 Å². The Morgan fingerprint density at radius 3 is 2.51 bits per heavy atom. The van der Waals surface area contributed by atoms with E-state index in [0.717, 1.165) is 17.0 Å². The van der Waals surface area contributed by atoms with Crippen LogP contribution < -0.4 is 5.32 Å². The van der Waals surface area contributed by atoms with Gasteiger partial charge in [-0.1, -0.05) is 42.5 Å². The van der Waals surface area contributed by atoms with E-state index in [2.05, 4.69) is 15.3 Å². The van der Waals surface area contributed by atoms with Gasteiger partial charge in [-0.05, 0) is 36.6 Å². The summed E-state index contributed by atoms with van der Waals surface area (Å²) in [4.78, 5) is 44.4. The Morgan fingerprint density at radius 2 is 1.82 bits per heavy atom. The minimum Gasteiger partial charge on any atom is -0.466 e. The predicted molar refractivity (Wildman–Crippen MR) is 144 cm³/mol. The Morgan fingerprint density at radius 1 is 1.08 bits per heavy atom. The van der Waals surface area contributed by atoms with Gasteiger partial charge in [-0.25, -0.2) is 14.6 Å². The number of H-pyrrole nitrogens is 1. The van der Waals surface area contributed by atoms with E-state index >= 15 is 0 Å². The second-order valence-corrected chi connectivity index (χ2v) is 8.89. The molecule has 1 atom stereocenters. The van der Waals surface area contributed by atoms with Gasteiger partial charge in [-0.3, -0.25) is 10.1 Å². The molecule has 1 aromatic heterocycles. The van der Waals surface area contributed by atoms with Crippen molar-refractivity contribution in [1.29, 1.82) is 0 Å². The lowest BCUT2D eigenvalue weighted by Crippen LogP contribution is -2.32. The number of imidazole rings is 1. The average molecular weight is 529 g/mol. The van der Waals surface area contributed by atoms with Gasteiger partial charge >= 0.3 is 11.9 Å². The predicted octanol–water partition coefficient (Wildman–Crippen LogP) is 4.57. The summed E-state index contributed by atoms with van der Waals surface area (Å²) in [6, 6.07) is 13.7. The number of allylic oxidation sites excluding steroid dienone is 2. The second-order valence-electron chi connectivity index (χ2n) is 8.89. The third-order valence-corrected chi connectivity index (χ3v) is 6.38. The number of esters is 2. The summed E-state index contributed by atoms with van der Waals surface area (Å²) in [6.45, 7) is 3.35. The maximum atomic E-state index is 13.4. The molecule has 2 heterocycles. The number of nitro benzene ring substituents is 1. The fourth-order valence-corrected chi connectivity index (χ4v) is 4.61. The maximum absolute atomic E-state index is 13.4. The molecule has 1 unspecified atom stereocenters. The Labute approximate surface area is 225 Å². The number of aromatic nitrogens is 2. The number of methoxy groups -OCH3 is 1. The van der Waals surface area contributed by atoms with Crippen LogP contribution in [0.1, 0.15) is 42.3 Å². The van der Waals surface area contributed by atoms with E-state index in [9.17, 15) is 19.7 Å². The molecule has 0 aliphatic carbocycles. The van der Waals surface area contributed by atoms with E-state index in [1.807, 2.05) is 30.3 Å². The molecule has 200 valence electrons. The van der Waals surface area contributed by atoms with Crippen molar-refractivity contribution in [2.24, 2.45) is 0 Å². The smallest absolute Gasteiger partial charge is 0.337 e. The number of hydrogen-bond donors (Lipinski definition) is 2. The van der Waals surface area contributed by atoms with Crippen LogP contribution in [0.25, 0.3) is 6.08 Å². The van der Waals surface area contributed by atoms with Crippen LogP contribution in [0.4, 0.5) is 5.69 Å². The van der Waals surface area contributed by atoms with Crippen molar-refractivity contribution in [1.82, 2.24) is 15.3 Å². The highest BCUT2D eigenvalue weighted by Crippen LogP contribution is 2.40. The van der Waals surface area contributed by atoms with Crippen LogP contribution in [0.2, 0.25) is 0 Å². The number of non-ortho nitro benzene ring substituents is 1. The van der Waals surface area contributed by atoms with Crippen LogP contribution in [0.5, 0.6) is 0 Å². The van der Waals surface area contributed by atoms with Crippen LogP contribution in [0.15, 0.2) is 89.5 Å². The number of carbonyl (C=O) groups excluding carboxylic acids is 2. The number of hydrogen-bond acceptors (Lipinski definition) is 8. The van der Waals surface area contributed by atoms with Gasteiger partial charge in [0.2, 0.25) is 0 Å². The molecule has 0 spiro atoms. The molecule has 0 radical (unpaired) electrons. The summed E-state index contributed by atoms with van der Waals surface area (Å²) in [5.74, 6) is -1.38. The molecule has 10 heteroatoms. The number of ether oxygens (including phenoxy) is 2. The van der Waals surface area contributed by atoms with E-state index < -0.39 is 22.8 Å². The molecule has 0 saturated heterocycles. The number of dihydropyridines is 1. The number of nitrogens with zero attached hydrogens (tertiary/aromatic N) is 2. The van der Waals surface area contributed by atoms with E-state index in [4.69, 9.17) is 9.47 Å². The normalized spacial score (nSPS) is 15.3. The molecule has 2 N–H and O–H groups in total. The first-order valence-electron chi connectivity index (χ1n) is 12.2. The summed E-state index contributed by atoms with van der Waals surface area (Å²) < 4.78 is 10.6. The third-order valence-electron chi connectivity index (χ3n) is 6.38. The van der Waals surface area contributed by atoms with Gasteiger partial charge < -0.3 is 19.8 Å². The quantitative estimate of drug-likeness (QED) is 0.234. The summed E-state index contributed by atoms with van der Waals surface area (Å²) in [6.07, 6.45) is 7.70. The largest absolute Gasteiger partial charge is 0.466 e. The molecule has 0 saturated carbocycles. The number of rotatable bonds is 9. The molecule has 0 bridgehead atoms. The van der Waals surface area contributed by atoms with Crippen LogP contribution in [0, 0.1) is 10.1 Å². The number of benzene rings is 2. The van der Waals surface area contributed by atoms with Crippen LogP contribution >= 0.6 is 0 Å². The maximum Gasteiger partial charge on any atom is 0.337 e. The lowest BCUT2D eigenvalue weighted by molar-refractivity contribution is -0.384. The van der Waals surface area contributed by atoms with Gasteiger partial charge in [-0.2, -0.15) is 0 Å². The van der Waals surface area contributed by atoms with E-state index in [-0.39, 0.29) is 23.4 Å². The molecule has 0 fully saturated rings. The van der Waals surface area contributed by atoms with Crippen molar-refractivity contribution in [3.63, 3.8) is 0 Å². The minimum absolute atomic E-state index is 0.0252. The van der Waals surface area contributed by atoms with Crippen LogP contribution in [0.3, 0.4) is 0 Å². The van der Waals surface area contributed by atoms with Crippen molar-refractivity contribution in [3.8, 4) is 0 Å². The molecule has 39 heavy (non-hydrogen) atoms. The van der Waals surface area contributed by atoms with Crippen molar-refractivity contribution in [2.45, 2.75) is 26.2 Å². The van der Waals surface area contributed by atoms with Gasteiger partial charge in [0.05, 0.1) is 29.1 Å². The minimum atomic E-state index is -0.913. The van der Waals surface area contributed by atoms with E-state index in [0.29, 0.717) is 23.4 Å². The first-order chi connectivity index (χ1) is 18.8. The fraction of sp³-hybridized carbons (Fsp3) is 0.207. The first-order valence-corrected chi connectivity index (χ1v) is 12.2. The van der Waals surface area contributed by atoms with Crippen molar-refractivity contribution >= 4 is 23.7 Å². The summed E-state index contributed by atoms with van der Waals surface area (Å²) in [7, 11) is 1.24. The lowest BCUT2D eigenvalue weighted by atomic mass is 9.80. The monoisotopic (exact) mass is 528 g/mol. The molecular weight excluding hydrogens is 500 g/mol. The molecule has 1 aliphatic rings. The molecule has 1 aliphatic heterocycles. The Hall–Kier alpha value is -4.99. The van der Waals surface area contributed by atoms with Crippen molar-refractivity contribution < 1.29 is 24.0 Å². The number of nitro groups is 1. The highest BCUT2D eigenvalue weighted by molar-refractivity contribution is 6.00. The van der Waals surface area contributed by atoms with Gasteiger partial charge in [0.1, 0.15) is 12.4 Å². The highest BCUT2D eigenvalue weighted by atomic mass is 16.6. The summed E-state index contributed by atoms with van der Waals surface area (Å²) in [5, 5.41) is 14.5. The fourth-order valence-electron chi connectivity index (χ4n) is 4.61. The second kappa shape index (κ2) is 12.0. The van der Waals surface area contributed by atoms with Gasteiger partial charge in [0.15, 0.2) is 0 Å². The molecule has 3 aromatic rings. The molecule has 2 aromatic carbocycles. The Bertz CT molecular complexity index is 1490. The first kappa shape index (κ1) is 27.1. The number of carbonyl (C=O) groups is 2. The Balaban J connectivity index is 1.58. The topological polar surface area (TPSA) is 136 Å². The number of aromatic amines is 1. The zero-order valence-corrected chi connectivity index (χ0v) is 21.8. The highest BCUT2D eigenvalue weighted by Gasteiger charge is 2.38. The standard InChI is InChI=1S/C29H28N4O6/c1-18-25(28(34)38-3)27(22-10-6-12-23(16-22)33(36)37)26(19(2)32-18)29(35)39-15-7-11-20-8-4-5-9-21(20)17-24-30-13-14-31-24/h4-14,16,27,32H,15,17H2,1-3H3,(H,30,31)/b11-7+. The molecule has 10 nitrogen and oxygen atoms in total. The molecule has 4 rings (SSSR count). The van der Waals surface area contributed by atoms with Crippen LogP contribution in [-0.2, 0) is 25.5 Å². The zero-order valence-electron chi connectivity index (χ0n) is 21.8. The average Bonchev–Trinajstić information content (AvgIpc) is 3.44. The van der Waals surface area contributed by atoms with Gasteiger partial charge in [0, 0.05) is 42.3 Å². The molecule has 0 amide bonds. The van der Waals surface area contributed by atoms with Crippen molar-refractivity contribution in [3.05, 3.63) is 122 Å². The lowest BCUT2D eigenvalue weighted by Gasteiger charge is -2.30. The van der Waals surface area contributed by atoms with Crippen LogP contribution in [-0.4, -0.2) is 40.5 Å². The summed E-state index contributed by atoms with van der Waals surface area (Å²) >= 11 is 0. The van der Waals surface area contributed by atoms with Gasteiger partial charge in [0.25, 0.3) is 5.69 Å². The summed E-state index contributed by atoms with van der Waals surface area (Å²) in [5.41, 5.74) is 3.58. The third kappa shape index (κ3) is 6.12. The zero-order chi connectivity index (χ0) is 27.9. The SMILES string of the molecule is COC(=O)C1=C(C)NC(C)=C(C(=O)OC/C=C/c2ccccc2Cc2ncc[nH]2)C1c1cccc([N+](=O)[O-])c1.